The van der Waals surface area contributed by atoms with E-state index in [1.54, 1.807) is 31.4 Å². The number of benzene rings is 3. The summed E-state index contributed by atoms with van der Waals surface area (Å²) in [5.74, 6) is 1.85. The Morgan fingerprint density at radius 2 is 1.78 bits per heavy atom. The van der Waals surface area contributed by atoms with Gasteiger partial charge in [0, 0.05) is 11.6 Å². The molecule has 11 heteroatoms. The Morgan fingerprint density at radius 3 is 2.54 bits per heavy atom. The van der Waals surface area contributed by atoms with Crippen molar-refractivity contribution < 1.29 is 23.7 Å². The topological polar surface area (TPSA) is 106 Å². The predicted molar refractivity (Wildman–Crippen MR) is 165 cm³/mol. The van der Waals surface area contributed by atoms with Crippen molar-refractivity contribution in [3.8, 4) is 23.0 Å². The van der Waals surface area contributed by atoms with Gasteiger partial charge in [0.15, 0.2) is 17.3 Å². The Labute approximate surface area is 250 Å². The highest BCUT2D eigenvalue weighted by atomic mass is 79.9. The average Bonchev–Trinajstić information content (AvgIpc) is 3.39. The highest BCUT2D eigenvalue weighted by molar-refractivity contribution is 9.10. The molecule has 2 heterocycles. The van der Waals surface area contributed by atoms with Crippen LogP contribution in [-0.4, -0.2) is 53.9 Å². The monoisotopic (exact) mass is 634 g/mol. The lowest BCUT2D eigenvalue weighted by molar-refractivity contribution is -0.114. The second kappa shape index (κ2) is 12.6. The number of nitrogens with zero attached hydrogens (tertiary/aromatic N) is 3. The average molecular weight is 636 g/mol. The van der Waals surface area contributed by atoms with Gasteiger partial charge in [-0.05, 0) is 77.4 Å². The van der Waals surface area contributed by atoms with E-state index in [1.807, 2.05) is 56.3 Å². The zero-order chi connectivity index (χ0) is 28.9. The lowest BCUT2D eigenvalue weighted by atomic mass is 10.1. The highest BCUT2D eigenvalue weighted by Crippen LogP contribution is 2.38. The number of carbonyl (C=O) groups is 1. The van der Waals surface area contributed by atoms with Crippen LogP contribution in [0.15, 0.2) is 80.8 Å². The van der Waals surface area contributed by atoms with E-state index >= 15 is 0 Å². The molecule has 1 N–H and O–H groups in total. The first-order chi connectivity index (χ1) is 19.9. The zero-order valence-corrected chi connectivity index (χ0v) is 25.0. The molecule has 9 nitrogen and oxygen atoms in total. The molecule has 5 rings (SSSR count). The van der Waals surface area contributed by atoms with E-state index < -0.39 is 5.91 Å². The molecule has 0 atom stereocenters. The van der Waals surface area contributed by atoms with E-state index in [9.17, 15) is 4.79 Å². The van der Waals surface area contributed by atoms with E-state index in [0.717, 1.165) is 11.1 Å². The number of hydrazone groups is 1. The van der Waals surface area contributed by atoms with Crippen molar-refractivity contribution in [1.29, 1.82) is 5.41 Å². The number of hydrogen-bond acceptors (Lipinski definition) is 8. The van der Waals surface area contributed by atoms with Gasteiger partial charge in [-0.25, -0.2) is 0 Å². The van der Waals surface area contributed by atoms with Crippen molar-refractivity contribution in [3.63, 3.8) is 0 Å². The van der Waals surface area contributed by atoms with Crippen LogP contribution in [0.3, 0.4) is 0 Å². The fraction of sp³-hybridized carbons (Fsp3) is 0.200. The molecular weight excluding hydrogens is 608 g/mol. The molecule has 0 saturated carbocycles. The van der Waals surface area contributed by atoms with Crippen LogP contribution in [0.1, 0.15) is 23.6 Å². The van der Waals surface area contributed by atoms with Gasteiger partial charge in [0.1, 0.15) is 29.8 Å². The number of aryl methyl sites for hydroxylation is 1. The normalized spacial score (nSPS) is 15.4. The fourth-order valence-electron chi connectivity index (χ4n) is 4.04. The third kappa shape index (κ3) is 6.47. The molecule has 41 heavy (non-hydrogen) atoms. The number of ether oxygens (including phenoxy) is 4. The number of aliphatic imine (C=N–C) groups is 1. The Morgan fingerprint density at radius 1 is 1.02 bits per heavy atom. The number of carbonyl (C=O) groups excluding carboxylic acids is 1. The van der Waals surface area contributed by atoms with Crippen molar-refractivity contribution in [3.05, 3.63) is 87.4 Å². The van der Waals surface area contributed by atoms with Gasteiger partial charge < -0.3 is 18.9 Å². The number of thioether (sulfide) groups is 1. The molecular formula is C30H27BrN4O5S. The summed E-state index contributed by atoms with van der Waals surface area (Å²) in [4.78, 5) is 17.2. The van der Waals surface area contributed by atoms with Gasteiger partial charge in [-0.1, -0.05) is 35.9 Å². The van der Waals surface area contributed by atoms with Gasteiger partial charge in [0.05, 0.1) is 23.8 Å². The van der Waals surface area contributed by atoms with Gasteiger partial charge in [0.2, 0.25) is 5.17 Å². The van der Waals surface area contributed by atoms with E-state index in [0.29, 0.717) is 56.5 Å². The number of hydrogen-bond donors (Lipinski definition) is 1. The summed E-state index contributed by atoms with van der Waals surface area (Å²) >= 11 is 4.84. The molecule has 210 valence electrons. The third-order valence-corrected chi connectivity index (χ3v) is 7.58. The number of amides is 1. The Balaban J connectivity index is 1.32. The number of halogens is 1. The third-order valence-electron chi connectivity index (χ3n) is 6.04. The van der Waals surface area contributed by atoms with E-state index in [4.69, 9.17) is 24.4 Å². The van der Waals surface area contributed by atoms with Gasteiger partial charge in [-0.15, -0.1) is 0 Å². The Bertz CT molecular complexity index is 1590. The Hall–Kier alpha value is -4.09. The lowest BCUT2D eigenvalue weighted by Gasteiger charge is -2.20. The number of methoxy groups -OCH3 is 1. The molecule has 0 fully saturated rings. The number of amidine groups is 2. The number of fused-ring (bicyclic) bond motifs is 1. The number of nitrogens with one attached hydrogen (secondary N) is 1. The second-order valence-electron chi connectivity index (χ2n) is 8.93. The van der Waals surface area contributed by atoms with E-state index in [1.165, 1.54) is 16.8 Å². The summed E-state index contributed by atoms with van der Waals surface area (Å²) < 4.78 is 23.5. The van der Waals surface area contributed by atoms with Gasteiger partial charge in [-0.3, -0.25) is 10.2 Å². The second-order valence-corrected chi connectivity index (χ2v) is 10.7. The SMILES string of the molecule is CCOc1cc(/C=C2/C(=N)N3N=C(c4ccc(C)cc4)SC3=NC2=O)cc(Br)c1OCCOc1cccc(OC)c1. The molecule has 0 saturated heterocycles. The smallest absolute Gasteiger partial charge is 0.283 e. The summed E-state index contributed by atoms with van der Waals surface area (Å²) in [6.45, 7) is 4.87. The summed E-state index contributed by atoms with van der Waals surface area (Å²) in [6, 6.07) is 18.8. The van der Waals surface area contributed by atoms with Crippen LogP contribution in [0.2, 0.25) is 0 Å². The maximum Gasteiger partial charge on any atom is 0.283 e. The first-order valence-electron chi connectivity index (χ1n) is 12.8. The first-order valence-corrected chi connectivity index (χ1v) is 14.4. The molecule has 0 unspecified atom stereocenters. The van der Waals surface area contributed by atoms with Crippen molar-refractivity contribution in [1.82, 2.24) is 5.01 Å². The summed E-state index contributed by atoms with van der Waals surface area (Å²) in [5, 5.41) is 15.7. The number of rotatable bonds is 10. The van der Waals surface area contributed by atoms with Crippen LogP contribution in [0.4, 0.5) is 0 Å². The van der Waals surface area contributed by atoms with Gasteiger partial charge in [0.25, 0.3) is 5.91 Å². The van der Waals surface area contributed by atoms with Crippen molar-refractivity contribution in [2.45, 2.75) is 13.8 Å². The van der Waals surface area contributed by atoms with Crippen molar-refractivity contribution in [2.24, 2.45) is 10.1 Å². The van der Waals surface area contributed by atoms with E-state index in [2.05, 4.69) is 26.0 Å². The van der Waals surface area contributed by atoms with E-state index in [-0.39, 0.29) is 18.0 Å². The molecule has 2 aliphatic heterocycles. The highest BCUT2D eigenvalue weighted by Gasteiger charge is 2.36. The quantitative estimate of drug-likeness (QED) is 0.206. The molecule has 1 amide bonds. The maximum absolute atomic E-state index is 13.0. The maximum atomic E-state index is 13.0. The van der Waals surface area contributed by atoms with Gasteiger partial charge >= 0.3 is 0 Å². The van der Waals surface area contributed by atoms with Crippen molar-refractivity contribution >= 4 is 55.7 Å². The largest absolute Gasteiger partial charge is 0.497 e. The minimum Gasteiger partial charge on any atom is -0.497 e. The summed E-state index contributed by atoms with van der Waals surface area (Å²) in [5.41, 5.74) is 2.80. The van der Waals surface area contributed by atoms with Crippen LogP contribution in [0, 0.1) is 12.3 Å². The predicted octanol–water partition coefficient (Wildman–Crippen LogP) is 6.29. The summed E-state index contributed by atoms with van der Waals surface area (Å²) in [7, 11) is 1.61. The fourth-order valence-corrected chi connectivity index (χ4v) is 5.51. The van der Waals surface area contributed by atoms with Crippen LogP contribution in [0.5, 0.6) is 23.0 Å². The van der Waals surface area contributed by atoms with Crippen LogP contribution in [0.25, 0.3) is 6.08 Å². The molecule has 2 aliphatic rings. The van der Waals surface area contributed by atoms with Gasteiger partial charge in [-0.2, -0.15) is 15.1 Å². The van der Waals surface area contributed by atoms with Crippen molar-refractivity contribution in [2.75, 3.05) is 26.9 Å². The molecule has 0 radical (unpaired) electrons. The molecule has 3 aromatic carbocycles. The molecule has 0 bridgehead atoms. The standard InChI is InChI=1S/C30H27BrN4O5S/c1-4-38-25-16-19(15-24(31)26(25)40-13-12-39-22-7-5-6-21(17-22)37-3)14-23-27(32)35-30(33-28(23)36)41-29(34-35)20-10-8-18(2)9-11-20/h5-11,14-17,32H,4,12-13H2,1-3H3/b23-14-,32-27?. The molecule has 3 aromatic rings. The minimum absolute atomic E-state index is 0.0429. The van der Waals surface area contributed by atoms with Crippen LogP contribution >= 0.6 is 27.7 Å². The van der Waals surface area contributed by atoms with Crippen LogP contribution in [-0.2, 0) is 4.79 Å². The van der Waals surface area contributed by atoms with Crippen LogP contribution < -0.4 is 18.9 Å². The lowest BCUT2D eigenvalue weighted by Crippen LogP contribution is -2.35. The molecule has 0 aromatic heterocycles. The molecule has 0 aliphatic carbocycles. The summed E-state index contributed by atoms with van der Waals surface area (Å²) in [6.07, 6.45) is 1.61. The first kappa shape index (κ1) is 28.4. The minimum atomic E-state index is -0.502. The Kier molecular flexibility index (Phi) is 8.75. The zero-order valence-electron chi connectivity index (χ0n) is 22.6. The molecule has 0 spiro atoms.